The summed E-state index contributed by atoms with van der Waals surface area (Å²) in [6.07, 6.45) is 0.0651. The zero-order valence-corrected chi connectivity index (χ0v) is 9.16. The topological polar surface area (TPSA) is 55.4 Å². The Bertz CT molecular complexity index is 416. The van der Waals surface area contributed by atoms with Crippen LogP contribution >= 0.6 is 11.6 Å². The summed E-state index contributed by atoms with van der Waals surface area (Å²) in [5.74, 6) is -0.243. The van der Waals surface area contributed by atoms with Gasteiger partial charge in [0.25, 0.3) is 0 Å². The second-order valence-electron chi connectivity index (χ2n) is 3.60. The molecule has 1 atom stereocenters. The summed E-state index contributed by atoms with van der Waals surface area (Å²) in [4.78, 5) is 27.5. The lowest BCUT2D eigenvalue weighted by atomic mass is 10.0. The zero-order valence-electron chi connectivity index (χ0n) is 8.40. The molecule has 84 valence electrons. The van der Waals surface area contributed by atoms with Crippen LogP contribution in [0.3, 0.4) is 0 Å². The Hall–Kier alpha value is -1.39. The van der Waals surface area contributed by atoms with E-state index in [-0.39, 0.29) is 30.6 Å². The van der Waals surface area contributed by atoms with Crippen LogP contribution in [0.4, 0.5) is 0 Å². The Labute approximate surface area is 97.5 Å². The third-order valence-corrected chi connectivity index (χ3v) is 2.58. The number of benzene rings is 1. The van der Waals surface area contributed by atoms with Crippen LogP contribution < -0.4 is 5.48 Å². The van der Waals surface area contributed by atoms with Crippen LogP contribution in [0.15, 0.2) is 24.3 Å². The van der Waals surface area contributed by atoms with Crippen molar-refractivity contribution in [3.63, 3.8) is 0 Å². The highest BCUT2D eigenvalue weighted by molar-refractivity contribution is 6.30. The molecule has 0 bridgehead atoms. The Morgan fingerprint density at radius 2 is 2.12 bits per heavy atom. The third kappa shape index (κ3) is 2.59. The molecule has 1 saturated heterocycles. The van der Waals surface area contributed by atoms with Crippen molar-refractivity contribution in [3.8, 4) is 0 Å². The lowest BCUT2D eigenvalue weighted by Gasteiger charge is -2.05. The van der Waals surface area contributed by atoms with Crippen LogP contribution in [0.1, 0.15) is 23.2 Å². The molecule has 0 saturated carbocycles. The van der Waals surface area contributed by atoms with E-state index in [4.69, 9.17) is 16.4 Å². The third-order valence-electron chi connectivity index (χ3n) is 2.33. The number of rotatable bonds is 3. The second-order valence-corrected chi connectivity index (χ2v) is 4.04. The van der Waals surface area contributed by atoms with Crippen molar-refractivity contribution in [1.29, 1.82) is 0 Å². The standard InChI is InChI=1S/C11H10ClNO3/c12-8-3-1-7(2-4-8)10(14)5-9-6-11(15)13-16-9/h1-4,9H,5-6H2,(H,13,15). The predicted molar refractivity (Wildman–Crippen MR) is 58.0 cm³/mol. The van der Waals surface area contributed by atoms with Crippen LogP contribution in [0.2, 0.25) is 5.02 Å². The van der Waals surface area contributed by atoms with Crippen molar-refractivity contribution < 1.29 is 14.4 Å². The number of hydrogen-bond donors (Lipinski definition) is 1. The molecular formula is C11H10ClNO3. The zero-order chi connectivity index (χ0) is 11.5. The van der Waals surface area contributed by atoms with Crippen molar-refractivity contribution >= 4 is 23.3 Å². The van der Waals surface area contributed by atoms with Crippen molar-refractivity contribution in [3.05, 3.63) is 34.9 Å². The number of Topliss-reactive ketones (excluding diaryl/α,β-unsaturated/α-hetero) is 1. The van der Waals surface area contributed by atoms with Gasteiger partial charge in [0.05, 0.1) is 6.42 Å². The summed E-state index contributed by atoms with van der Waals surface area (Å²) < 4.78 is 0. The number of carbonyl (C=O) groups is 2. The molecule has 0 radical (unpaired) electrons. The summed E-state index contributed by atoms with van der Waals surface area (Å²) in [6, 6.07) is 6.64. The Morgan fingerprint density at radius 1 is 1.44 bits per heavy atom. The first-order chi connectivity index (χ1) is 7.65. The summed E-state index contributed by atoms with van der Waals surface area (Å²) in [5, 5.41) is 0.588. The van der Waals surface area contributed by atoms with Gasteiger partial charge in [0, 0.05) is 17.0 Å². The average molecular weight is 240 g/mol. The van der Waals surface area contributed by atoms with Crippen molar-refractivity contribution in [2.75, 3.05) is 0 Å². The van der Waals surface area contributed by atoms with Crippen LogP contribution in [0.25, 0.3) is 0 Å². The maximum atomic E-state index is 11.8. The minimum atomic E-state index is -0.365. The Balaban J connectivity index is 1.98. The SMILES string of the molecule is O=C1CC(CC(=O)c2ccc(Cl)cc2)ON1. The first-order valence-electron chi connectivity index (χ1n) is 4.88. The van der Waals surface area contributed by atoms with Crippen LogP contribution in [0, 0.1) is 0 Å². The smallest absolute Gasteiger partial charge is 0.246 e. The molecule has 5 heteroatoms. The van der Waals surface area contributed by atoms with E-state index in [2.05, 4.69) is 5.48 Å². The molecular weight excluding hydrogens is 230 g/mol. The maximum absolute atomic E-state index is 11.8. The molecule has 2 rings (SSSR count). The van der Waals surface area contributed by atoms with Gasteiger partial charge in [-0.25, -0.2) is 5.48 Å². The number of hydroxylamine groups is 1. The normalized spacial score (nSPS) is 19.6. The molecule has 1 N–H and O–H groups in total. The fourth-order valence-electron chi connectivity index (χ4n) is 1.51. The van der Waals surface area contributed by atoms with Gasteiger partial charge in [-0.05, 0) is 24.3 Å². The van der Waals surface area contributed by atoms with Crippen molar-refractivity contribution in [2.45, 2.75) is 18.9 Å². The molecule has 1 fully saturated rings. The molecule has 1 aliphatic heterocycles. The van der Waals surface area contributed by atoms with E-state index in [9.17, 15) is 9.59 Å². The van der Waals surface area contributed by atoms with E-state index in [1.165, 1.54) is 0 Å². The molecule has 0 aliphatic carbocycles. The highest BCUT2D eigenvalue weighted by atomic mass is 35.5. The van der Waals surface area contributed by atoms with E-state index in [0.717, 1.165) is 0 Å². The van der Waals surface area contributed by atoms with Crippen molar-refractivity contribution in [1.82, 2.24) is 5.48 Å². The first kappa shape index (κ1) is 11.1. The maximum Gasteiger partial charge on any atom is 0.246 e. The predicted octanol–water partition coefficient (Wildman–Crippen LogP) is 1.73. The Kier molecular flexibility index (Phi) is 3.22. The first-order valence-corrected chi connectivity index (χ1v) is 5.26. The molecule has 0 aromatic heterocycles. The summed E-state index contributed by atoms with van der Waals surface area (Å²) >= 11 is 5.72. The molecule has 1 aromatic rings. The number of nitrogens with one attached hydrogen (secondary N) is 1. The average Bonchev–Trinajstić information content (AvgIpc) is 2.65. The lowest BCUT2D eigenvalue weighted by Crippen LogP contribution is -2.15. The van der Waals surface area contributed by atoms with E-state index in [0.29, 0.717) is 10.6 Å². The summed E-state index contributed by atoms with van der Waals surface area (Å²) in [7, 11) is 0. The molecule has 1 aliphatic rings. The van der Waals surface area contributed by atoms with E-state index in [1.807, 2.05) is 0 Å². The number of hydrogen-bond acceptors (Lipinski definition) is 3. The van der Waals surface area contributed by atoms with Gasteiger partial charge in [-0.3, -0.25) is 14.4 Å². The monoisotopic (exact) mass is 239 g/mol. The van der Waals surface area contributed by atoms with Gasteiger partial charge in [-0.2, -0.15) is 0 Å². The van der Waals surface area contributed by atoms with E-state index in [1.54, 1.807) is 24.3 Å². The fourth-order valence-corrected chi connectivity index (χ4v) is 1.64. The van der Waals surface area contributed by atoms with Gasteiger partial charge in [-0.1, -0.05) is 11.6 Å². The van der Waals surface area contributed by atoms with Gasteiger partial charge >= 0.3 is 0 Å². The molecule has 1 amide bonds. The van der Waals surface area contributed by atoms with Gasteiger partial charge in [0.1, 0.15) is 6.10 Å². The molecule has 1 heterocycles. The van der Waals surface area contributed by atoms with Crippen LogP contribution in [-0.2, 0) is 9.63 Å². The van der Waals surface area contributed by atoms with Gasteiger partial charge < -0.3 is 0 Å². The van der Waals surface area contributed by atoms with E-state index < -0.39 is 0 Å². The fraction of sp³-hybridized carbons (Fsp3) is 0.273. The highest BCUT2D eigenvalue weighted by Gasteiger charge is 2.25. The van der Waals surface area contributed by atoms with Crippen LogP contribution in [-0.4, -0.2) is 17.8 Å². The number of halogens is 1. The summed E-state index contributed by atoms with van der Waals surface area (Å²) in [6.45, 7) is 0. The van der Waals surface area contributed by atoms with Gasteiger partial charge in [0.15, 0.2) is 5.78 Å². The van der Waals surface area contributed by atoms with Gasteiger partial charge in [-0.15, -0.1) is 0 Å². The number of carbonyl (C=O) groups excluding carboxylic acids is 2. The molecule has 0 spiro atoms. The quantitative estimate of drug-likeness (QED) is 0.818. The Morgan fingerprint density at radius 3 is 2.69 bits per heavy atom. The second kappa shape index (κ2) is 4.63. The summed E-state index contributed by atoms with van der Waals surface area (Å²) in [5.41, 5.74) is 2.80. The number of amides is 1. The minimum absolute atomic E-state index is 0.0573. The minimum Gasteiger partial charge on any atom is -0.294 e. The lowest BCUT2D eigenvalue weighted by molar-refractivity contribution is -0.124. The number of ketones is 1. The molecule has 1 unspecified atom stereocenters. The molecule has 4 nitrogen and oxygen atoms in total. The van der Waals surface area contributed by atoms with Gasteiger partial charge in [0.2, 0.25) is 5.91 Å². The van der Waals surface area contributed by atoms with Crippen LogP contribution in [0.5, 0.6) is 0 Å². The highest BCUT2D eigenvalue weighted by Crippen LogP contribution is 2.15. The largest absolute Gasteiger partial charge is 0.294 e. The molecule has 1 aromatic carbocycles. The van der Waals surface area contributed by atoms with Crippen molar-refractivity contribution in [2.24, 2.45) is 0 Å². The van der Waals surface area contributed by atoms with E-state index >= 15 is 0 Å². The molecule has 16 heavy (non-hydrogen) atoms.